The molecule has 0 aliphatic carbocycles. The molecule has 3 atom stereocenters. The number of hydrogen-bond donors (Lipinski definition) is 3. The van der Waals surface area contributed by atoms with E-state index in [9.17, 15) is 9.90 Å². The van der Waals surface area contributed by atoms with Gasteiger partial charge in [-0.1, -0.05) is 25.1 Å². The van der Waals surface area contributed by atoms with Gasteiger partial charge >= 0.3 is 0 Å². The number of amides is 1. The average Bonchev–Trinajstić information content (AvgIpc) is 2.87. The van der Waals surface area contributed by atoms with E-state index in [-0.39, 0.29) is 24.6 Å². The first-order valence-electron chi connectivity index (χ1n) is 7.54. The summed E-state index contributed by atoms with van der Waals surface area (Å²) in [4.78, 5) is 14.5. The summed E-state index contributed by atoms with van der Waals surface area (Å²) >= 11 is 0. The molecule has 0 bridgehead atoms. The average molecular weight is 291 g/mol. The van der Waals surface area contributed by atoms with Crippen LogP contribution >= 0.6 is 0 Å². The van der Waals surface area contributed by atoms with Crippen LogP contribution in [0.15, 0.2) is 24.3 Å². The molecule has 1 aliphatic rings. The van der Waals surface area contributed by atoms with Crippen LogP contribution in [0.3, 0.4) is 0 Å². The molecule has 0 aromatic heterocycles. The van der Waals surface area contributed by atoms with Crippen molar-refractivity contribution >= 4 is 11.6 Å². The summed E-state index contributed by atoms with van der Waals surface area (Å²) in [6.07, 6.45) is 1.02. The summed E-state index contributed by atoms with van der Waals surface area (Å²) in [7, 11) is 0. The minimum Gasteiger partial charge on any atom is -0.395 e. The first-order chi connectivity index (χ1) is 10.1. The summed E-state index contributed by atoms with van der Waals surface area (Å²) in [6.45, 7) is 5.35. The van der Waals surface area contributed by atoms with Crippen LogP contribution in [-0.2, 0) is 11.3 Å². The van der Waals surface area contributed by atoms with Crippen LogP contribution in [0.5, 0.6) is 0 Å². The van der Waals surface area contributed by atoms with Crippen LogP contribution in [0.25, 0.3) is 0 Å². The molecule has 2 rings (SSSR count). The molecule has 5 heteroatoms. The predicted octanol–water partition coefficient (Wildman–Crippen LogP) is 1.18. The second-order valence-electron chi connectivity index (χ2n) is 5.78. The molecule has 1 heterocycles. The predicted molar refractivity (Wildman–Crippen MR) is 83.8 cm³/mol. The van der Waals surface area contributed by atoms with E-state index in [0.29, 0.717) is 12.5 Å². The van der Waals surface area contributed by atoms with E-state index in [0.717, 1.165) is 24.2 Å². The number of hydrogen-bond acceptors (Lipinski definition) is 4. The summed E-state index contributed by atoms with van der Waals surface area (Å²) < 4.78 is 0. The third-order valence-electron chi connectivity index (χ3n) is 4.48. The largest absolute Gasteiger partial charge is 0.395 e. The molecule has 1 aromatic rings. The van der Waals surface area contributed by atoms with Crippen molar-refractivity contribution in [1.29, 1.82) is 0 Å². The van der Waals surface area contributed by atoms with Gasteiger partial charge in [0.05, 0.1) is 12.6 Å². The molecule has 3 unspecified atom stereocenters. The topological polar surface area (TPSA) is 78.6 Å². The van der Waals surface area contributed by atoms with Gasteiger partial charge in [-0.2, -0.15) is 0 Å². The molecular weight excluding hydrogens is 266 g/mol. The number of carbonyl (C=O) groups is 1. The number of nitrogens with two attached hydrogens (primary N) is 1. The lowest BCUT2D eigenvalue weighted by molar-refractivity contribution is -0.121. The number of anilines is 1. The summed E-state index contributed by atoms with van der Waals surface area (Å²) in [5.74, 6) is 0.366. The Morgan fingerprint density at radius 3 is 2.90 bits per heavy atom. The van der Waals surface area contributed by atoms with Gasteiger partial charge in [-0.25, -0.2) is 0 Å². The molecule has 1 aliphatic heterocycles. The quantitative estimate of drug-likeness (QED) is 0.761. The fourth-order valence-corrected chi connectivity index (χ4v) is 3.01. The standard InChI is InChI=1S/C16H25N3O2/c1-11-7-8-19(15(11)10-20)12(2)16(21)18-14-6-4-3-5-13(14)9-17/h3-6,11-12,15,20H,7-10,17H2,1-2H3,(H,18,21). The van der Waals surface area contributed by atoms with Gasteiger partial charge in [0, 0.05) is 18.3 Å². The van der Waals surface area contributed by atoms with Crippen molar-refractivity contribution in [3.8, 4) is 0 Å². The molecule has 5 nitrogen and oxygen atoms in total. The van der Waals surface area contributed by atoms with Gasteiger partial charge in [0.15, 0.2) is 0 Å². The first kappa shape index (κ1) is 15.9. The fourth-order valence-electron chi connectivity index (χ4n) is 3.01. The van der Waals surface area contributed by atoms with Crippen molar-refractivity contribution in [2.75, 3.05) is 18.5 Å². The lowest BCUT2D eigenvalue weighted by Gasteiger charge is -2.30. The van der Waals surface area contributed by atoms with Crippen LogP contribution in [0.4, 0.5) is 5.69 Å². The van der Waals surface area contributed by atoms with E-state index in [4.69, 9.17) is 5.73 Å². The Morgan fingerprint density at radius 2 is 2.24 bits per heavy atom. The van der Waals surface area contributed by atoms with Crippen molar-refractivity contribution < 1.29 is 9.90 Å². The Kier molecular flexibility index (Phi) is 5.33. The zero-order valence-electron chi connectivity index (χ0n) is 12.7. The second-order valence-corrected chi connectivity index (χ2v) is 5.78. The number of para-hydroxylation sites is 1. The summed E-state index contributed by atoms with van der Waals surface area (Å²) in [5.41, 5.74) is 7.38. The van der Waals surface area contributed by atoms with Crippen LogP contribution in [0.2, 0.25) is 0 Å². The Labute approximate surface area is 126 Å². The number of nitrogens with one attached hydrogen (secondary N) is 1. The smallest absolute Gasteiger partial charge is 0.241 e. The van der Waals surface area contributed by atoms with Gasteiger partial charge in [-0.3, -0.25) is 9.69 Å². The van der Waals surface area contributed by atoms with E-state index in [1.54, 1.807) is 0 Å². The van der Waals surface area contributed by atoms with Crippen LogP contribution in [-0.4, -0.2) is 41.1 Å². The van der Waals surface area contributed by atoms with E-state index >= 15 is 0 Å². The molecule has 1 amide bonds. The molecule has 1 fully saturated rings. The third kappa shape index (κ3) is 3.43. The summed E-state index contributed by atoms with van der Waals surface area (Å²) in [5, 5.41) is 12.5. The van der Waals surface area contributed by atoms with Gasteiger partial charge in [0.1, 0.15) is 0 Å². The molecule has 1 aromatic carbocycles. The second kappa shape index (κ2) is 7.02. The van der Waals surface area contributed by atoms with E-state index in [1.165, 1.54) is 0 Å². The molecule has 21 heavy (non-hydrogen) atoms. The van der Waals surface area contributed by atoms with Crippen molar-refractivity contribution in [3.63, 3.8) is 0 Å². The summed E-state index contributed by atoms with van der Waals surface area (Å²) in [6, 6.07) is 7.37. The Bertz CT molecular complexity index is 492. The van der Waals surface area contributed by atoms with Gasteiger partial charge < -0.3 is 16.2 Å². The van der Waals surface area contributed by atoms with E-state index < -0.39 is 0 Å². The molecule has 0 spiro atoms. The van der Waals surface area contributed by atoms with Crippen LogP contribution < -0.4 is 11.1 Å². The maximum absolute atomic E-state index is 12.5. The van der Waals surface area contributed by atoms with Gasteiger partial charge in [0.2, 0.25) is 5.91 Å². The van der Waals surface area contributed by atoms with E-state index in [1.807, 2.05) is 31.2 Å². The number of likely N-dealkylation sites (tertiary alicyclic amines) is 1. The number of carbonyl (C=O) groups excluding carboxylic acids is 1. The highest BCUT2D eigenvalue weighted by Crippen LogP contribution is 2.26. The lowest BCUT2D eigenvalue weighted by atomic mass is 10.0. The van der Waals surface area contributed by atoms with Crippen molar-refractivity contribution in [2.24, 2.45) is 11.7 Å². The Balaban J connectivity index is 2.06. The maximum atomic E-state index is 12.5. The molecule has 1 saturated heterocycles. The van der Waals surface area contributed by atoms with E-state index in [2.05, 4.69) is 17.1 Å². The highest BCUT2D eigenvalue weighted by Gasteiger charge is 2.36. The number of rotatable bonds is 5. The monoisotopic (exact) mass is 291 g/mol. The fraction of sp³-hybridized carbons (Fsp3) is 0.562. The van der Waals surface area contributed by atoms with Crippen molar-refractivity contribution in [2.45, 2.75) is 38.9 Å². The van der Waals surface area contributed by atoms with Gasteiger partial charge in [-0.05, 0) is 37.4 Å². The minimum absolute atomic E-state index is 0.0524. The first-order valence-corrected chi connectivity index (χ1v) is 7.54. The number of nitrogens with zero attached hydrogens (tertiary/aromatic N) is 1. The van der Waals surface area contributed by atoms with Crippen LogP contribution in [0, 0.1) is 5.92 Å². The number of aliphatic hydroxyl groups is 1. The minimum atomic E-state index is -0.266. The highest BCUT2D eigenvalue weighted by molar-refractivity contribution is 5.95. The zero-order chi connectivity index (χ0) is 15.4. The van der Waals surface area contributed by atoms with Gasteiger partial charge in [-0.15, -0.1) is 0 Å². The van der Waals surface area contributed by atoms with Crippen LogP contribution in [0.1, 0.15) is 25.8 Å². The van der Waals surface area contributed by atoms with Gasteiger partial charge in [0.25, 0.3) is 0 Å². The third-order valence-corrected chi connectivity index (χ3v) is 4.48. The normalized spacial score (nSPS) is 24.0. The SMILES string of the molecule is CC1CCN(C(C)C(=O)Nc2ccccc2CN)C1CO. The molecule has 116 valence electrons. The lowest BCUT2D eigenvalue weighted by Crippen LogP contribution is -2.47. The molecule has 0 saturated carbocycles. The Hall–Kier alpha value is -1.43. The van der Waals surface area contributed by atoms with Crippen molar-refractivity contribution in [3.05, 3.63) is 29.8 Å². The molecule has 0 radical (unpaired) electrons. The molecule has 4 N–H and O–H groups in total. The number of benzene rings is 1. The maximum Gasteiger partial charge on any atom is 0.241 e. The van der Waals surface area contributed by atoms with Crippen molar-refractivity contribution in [1.82, 2.24) is 4.90 Å². The highest BCUT2D eigenvalue weighted by atomic mass is 16.3. The molecular formula is C16H25N3O2. The Morgan fingerprint density at radius 1 is 1.52 bits per heavy atom. The zero-order valence-corrected chi connectivity index (χ0v) is 12.7. The number of aliphatic hydroxyl groups excluding tert-OH is 1.